The van der Waals surface area contributed by atoms with Crippen molar-refractivity contribution in [3.8, 4) is 0 Å². The van der Waals surface area contributed by atoms with Crippen LogP contribution in [0.1, 0.15) is 42.6 Å². The topological polar surface area (TPSA) is 85.2 Å². The summed E-state index contributed by atoms with van der Waals surface area (Å²) in [7, 11) is 0. The summed E-state index contributed by atoms with van der Waals surface area (Å²) in [6, 6.07) is 6.93. The van der Waals surface area contributed by atoms with E-state index in [0.717, 1.165) is 29.9 Å². The van der Waals surface area contributed by atoms with E-state index in [1.54, 1.807) is 49.9 Å². The molecule has 3 rings (SSSR count). The summed E-state index contributed by atoms with van der Waals surface area (Å²) < 4.78 is 6.72. The lowest BCUT2D eigenvalue weighted by Crippen LogP contribution is -2.26. The van der Waals surface area contributed by atoms with E-state index in [9.17, 15) is 15.0 Å². The van der Waals surface area contributed by atoms with Crippen molar-refractivity contribution in [2.75, 3.05) is 34.5 Å². The molecular formula is C24H36O6S6. The van der Waals surface area contributed by atoms with E-state index in [4.69, 9.17) is 14.5 Å². The molecule has 0 radical (unpaired) electrons. The Kier molecular flexibility index (Phi) is 15.0. The second kappa shape index (κ2) is 17.3. The number of carbonyl (C=O) groups excluding carboxylic acids is 1. The molecule has 36 heavy (non-hydrogen) atoms. The van der Waals surface area contributed by atoms with Crippen LogP contribution in [0.25, 0.3) is 0 Å². The van der Waals surface area contributed by atoms with Gasteiger partial charge in [0.05, 0.1) is 20.8 Å². The Morgan fingerprint density at radius 2 is 1.50 bits per heavy atom. The number of esters is 1. The molecule has 2 aliphatic rings. The third-order valence-electron chi connectivity index (χ3n) is 5.33. The van der Waals surface area contributed by atoms with Crippen LogP contribution in [0.15, 0.2) is 24.3 Å². The van der Waals surface area contributed by atoms with Crippen molar-refractivity contribution in [2.45, 2.75) is 65.5 Å². The van der Waals surface area contributed by atoms with Crippen LogP contribution >= 0.6 is 70.6 Å². The lowest BCUT2D eigenvalue weighted by atomic mass is 10.1. The molecule has 2 saturated heterocycles. The SMILES string of the molecule is CC(O)C(OOCc1ccc(C(=O)OC(C)C(O)SCCC2SCCS2)cc1)SCCC1SCCS1. The highest BCUT2D eigenvalue weighted by Crippen LogP contribution is 2.36. The second-order valence-corrected chi connectivity index (χ2v) is 16.6. The number of rotatable bonds is 16. The van der Waals surface area contributed by atoms with Gasteiger partial charge in [-0.1, -0.05) is 12.1 Å². The van der Waals surface area contributed by atoms with Crippen molar-refractivity contribution < 1.29 is 29.5 Å². The van der Waals surface area contributed by atoms with Gasteiger partial charge in [0.15, 0.2) is 5.44 Å². The van der Waals surface area contributed by atoms with Crippen LogP contribution in [-0.2, 0) is 21.1 Å². The van der Waals surface area contributed by atoms with Crippen LogP contribution in [-0.4, -0.2) is 82.9 Å². The molecule has 12 heteroatoms. The minimum absolute atomic E-state index is 0.205. The zero-order valence-corrected chi connectivity index (χ0v) is 25.5. The number of ether oxygens (including phenoxy) is 1. The van der Waals surface area contributed by atoms with Crippen LogP contribution in [0.5, 0.6) is 0 Å². The average Bonchev–Trinajstić information content (AvgIpc) is 3.58. The molecule has 0 aliphatic carbocycles. The third kappa shape index (κ3) is 11.4. The lowest BCUT2D eigenvalue weighted by Gasteiger charge is -2.20. The van der Waals surface area contributed by atoms with Gasteiger partial charge >= 0.3 is 5.97 Å². The minimum Gasteiger partial charge on any atom is -0.455 e. The first-order valence-electron chi connectivity index (χ1n) is 12.1. The molecule has 0 spiro atoms. The van der Waals surface area contributed by atoms with E-state index >= 15 is 0 Å². The molecule has 6 nitrogen and oxygen atoms in total. The van der Waals surface area contributed by atoms with E-state index in [1.165, 1.54) is 34.8 Å². The predicted octanol–water partition coefficient (Wildman–Crippen LogP) is 5.56. The first kappa shape index (κ1) is 31.2. The van der Waals surface area contributed by atoms with Crippen LogP contribution in [0.4, 0.5) is 0 Å². The summed E-state index contributed by atoms with van der Waals surface area (Å²) >= 11 is 11.0. The molecule has 0 aromatic heterocycles. The molecule has 1 aromatic carbocycles. The Balaban J connectivity index is 1.33. The van der Waals surface area contributed by atoms with Gasteiger partial charge in [0, 0.05) is 23.0 Å². The number of carbonyl (C=O) groups is 1. The number of aliphatic hydroxyl groups is 2. The van der Waals surface area contributed by atoms with E-state index in [1.807, 2.05) is 47.0 Å². The van der Waals surface area contributed by atoms with Crippen LogP contribution in [0.3, 0.4) is 0 Å². The number of thioether (sulfide) groups is 6. The molecule has 2 fully saturated rings. The maximum Gasteiger partial charge on any atom is 0.338 e. The molecule has 2 N–H and O–H groups in total. The summed E-state index contributed by atoms with van der Waals surface area (Å²) in [5.41, 5.74) is 0.0659. The molecule has 4 unspecified atom stereocenters. The predicted molar refractivity (Wildman–Crippen MR) is 160 cm³/mol. The van der Waals surface area contributed by atoms with Gasteiger partial charge in [-0.05, 0) is 55.9 Å². The molecule has 0 amide bonds. The van der Waals surface area contributed by atoms with E-state index in [2.05, 4.69) is 0 Å². The first-order valence-corrected chi connectivity index (χ1v) is 18.4. The van der Waals surface area contributed by atoms with Gasteiger partial charge in [0.2, 0.25) is 0 Å². The zero-order chi connectivity index (χ0) is 25.8. The average molecular weight is 613 g/mol. The highest BCUT2D eigenvalue weighted by Gasteiger charge is 2.23. The quantitative estimate of drug-likeness (QED) is 0.106. The summed E-state index contributed by atoms with van der Waals surface area (Å²) in [6.45, 7) is 3.62. The molecule has 2 heterocycles. The number of hydrogen-bond acceptors (Lipinski definition) is 12. The van der Waals surface area contributed by atoms with Crippen molar-refractivity contribution in [3.63, 3.8) is 0 Å². The van der Waals surface area contributed by atoms with Crippen LogP contribution in [0.2, 0.25) is 0 Å². The molecule has 0 saturated carbocycles. The van der Waals surface area contributed by atoms with Crippen LogP contribution in [0, 0.1) is 0 Å². The maximum absolute atomic E-state index is 12.5. The minimum atomic E-state index is -0.745. The summed E-state index contributed by atoms with van der Waals surface area (Å²) in [4.78, 5) is 23.3. The number of benzene rings is 1. The van der Waals surface area contributed by atoms with Crippen molar-refractivity contribution in [1.29, 1.82) is 0 Å². The molecule has 204 valence electrons. The van der Waals surface area contributed by atoms with Crippen molar-refractivity contribution >= 4 is 76.5 Å². The second-order valence-electron chi connectivity index (χ2n) is 8.33. The van der Waals surface area contributed by atoms with Crippen molar-refractivity contribution in [3.05, 3.63) is 35.4 Å². The zero-order valence-electron chi connectivity index (χ0n) is 20.6. The van der Waals surface area contributed by atoms with Crippen molar-refractivity contribution in [1.82, 2.24) is 0 Å². The summed E-state index contributed by atoms with van der Waals surface area (Å²) in [6.07, 6.45) is 0.882. The van der Waals surface area contributed by atoms with Gasteiger partial charge in [-0.3, -0.25) is 0 Å². The fourth-order valence-corrected chi connectivity index (χ4v) is 11.5. The Bertz CT molecular complexity index is 758. The Morgan fingerprint density at radius 3 is 2.06 bits per heavy atom. The Hall–Kier alpha value is 0.630. The normalized spacial score (nSPS) is 20.3. The first-order chi connectivity index (χ1) is 17.4. The van der Waals surface area contributed by atoms with Gasteiger partial charge in [-0.15, -0.1) is 70.6 Å². The smallest absolute Gasteiger partial charge is 0.338 e. The van der Waals surface area contributed by atoms with Crippen molar-refractivity contribution in [2.24, 2.45) is 0 Å². The highest BCUT2D eigenvalue weighted by atomic mass is 32.2. The molecule has 1 aromatic rings. The number of hydrogen-bond donors (Lipinski definition) is 2. The monoisotopic (exact) mass is 612 g/mol. The largest absolute Gasteiger partial charge is 0.455 e. The van der Waals surface area contributed by atoms with E-state index < -0.39 is 29.0 Å². The molecular weight excluding hydrogens is 577 g/mol. The summed E-state index contributed by atoms with van der Waals surface area (Å²) in [5, 5.41) is 20.3. The Labute approximate surface area is 240 Å². The fraction of sp³-hybridized carbons (Fsp3) is 0.708. The van der Waals surface area contributed by atoms with Crippen LogP contribution < -0.4 is 0 Å². The van der Waals surface area contributed by atoms with Gasteiger partial charge in [0.1, 0.15) is 18.1 Å². The Morgan fingerprint density at radius 1 is 0.944 bits per heavy atom. The standard InChI is InChI=1S/C24H36O6S6/c1-16(25)24(36-10-8-21-33-13-14-34-21)30-28-15-18-3-5-19(6-4-18)22(26)29-17(2)23(27)35-9-7-20-31-11-12-32-20/h3-6,16-17,20-21,23-25,27H,7-15H2,1-2H3. The highest BCUT2D eigenvalue weighted by molar-refractivity contribution is 8.20. The van der Waals surface area contributed by atoms with E-state index in [0.29, 0.717) is 14.7 Å². The third-order valence-corrected chi connectivity index (χ3v) is 14.1. The summed E-state index contributed by atoms with van der Waals surface area (Å²) in [5.74, 6) is 6.13. The maximum atomic E-state index is 12.5. The van der Waals surface area contributed by atoms with E-state index in [-0.39, 0.29) is 6.61 Å². The lowest BCUT2D eigenvalue weighted by molar-refractivity contribution is -0.323. The molecule has 4 atom stereocenters. The molecule has 2 aliphatic heterocycles. The van der Waals surface area contributed by atoms with Gasteiger partial charge in [0.25, 0.3) is 0 Å². The van der Waals surface area contributed by atoms with Gasteiger partial charge in [-0.25, -0.2) is 14.6 Å². The number of aliphatic hydroxyl groups excluding tert-OH is 2. The fourth-order valence-electron chi connectivity index (χ4n) is 3.30. The molecule has 0 bridgehead atoms. The van der Waals surface area contributed by atoms with Gasteiger partial charge < -0.3 is 14.9 Å². The van der Waals surface area contributed by atoms with Gasteiger partial charge in [-0.2, -0.15) is 0 Å².